The zero-order valence-electron chi connectivity index (χ0n) is 16.5. The lowest BCUT2D eigenvalue weighted by atomic mass is 9.99. The van der Waals surface area contributed by atoms with Gasteiger partial charge in [-0.2, -0.15) is 28.2 Å². The summed E-state index contributed by atoms with van der Waals surface area (Å²) in [5, 5.41) is 4.98. The summed E-state index contributed by atoms with van der Waals surface area (Å²) in [4.78, 5) is 13.1. The first-order valence-corrected chi connectivity index (χ1v) is 10.4. The molecule has 1 aromatic carbocycles. The second-order valence-electron chi connectivity index (χ2n) is 7.84. The Morgan fingerprint density at radius 3 is 2.65 bits per heavy atom. The number of hydrogen-bond donors (Lipinski definition) is 0. The molecule has 0 bridgehead atoms. The summed E-state index contributed by atoms with van der Waals surface area (Å²) in [6, 6.07) is 4.97. The number of aromatic nitrogens is 4. The molecule has 11 heteroatoms. The Bertz CT molecular complexity index is 1090. The molecule has 164 valence electrons. The maximum Gasteiger partial charge on any atom is 0.416 e. The molecule has 2 aliphatic heterocycles. The lowest BCUT2D eigenvalue weighted by molar-refractivity contribution is -0.137. The number of anilines is 1. The van der Waals surface area contributed by atoms with Crippen LogP contribution in [0.1, 0.15) is 5.56 Å². The minimum atomic E-state index is -4.44. The van der Waals surface area contributed by atoms with Gasteiger partial charge in [0.25, 0.3) is 0 Å². The van der Waals surface area contributed by atoms with E-state index < -0.39 is 11.7 Å². The van der Waals surface area contributed by atoms with Crippen LogP contribution < -0.4 is 4.90 Å². The average Bonchev–Trinajstić information content (AvgIpc) is 3.14. The van der Waals surface area contributed by atoms with Crippen molar-refractivity contribution < 1.29 is 17.9 Å². The molecule has 3 aromatic rings. The van der Waals surface area contributed by atoms with Gasteiger partial charge >= 0.3 is 6.18 Å². The monoisotopic (exact) mass is 452 g/mol. The fraction of sp³-hybridized carbons (Fsp3) is 0.450. The predicted octanol–water partition coefficient (Wildman–Crippen LogP) is 3.26. The van der Waals surface area contributed by atoms with Crippen molar-refractivity contribution in [3.63, 3.8) is 0 Å². The fourth-order valence-electron chi connectivity index (χ4n) is 4.12. The molecule has 4 heterocycles. The summed E-state index contributed by atoms with van der Waals surface area (Å²) < 4.78 is 46.1. The zero-order chi connectivity index (χ0) is 21.6. The number of rotatable bonds is 4. The molecule has 31 heavy (non-hydrogen) atoms. The Morgan fingerprint density at radius 1 is 1.13 bits per heavy atom. The van der Waals surface area contributed by atoms with E-state index in [1.807, 2.05) is 0 Å². The van der Waals surface area contributed by atoms with E-state index in [1.54, 1.807) is 12.3 Å². The molecule has 0 aliphatic carbocycles. The van der Waals surface area contributed by atoms with Gasteiger partial charge in [-0.05, 0) is 29.8 Å². The number of morpholine rings is 1. The average molecular weight is 453 g/mol. The van der Waals surface area contributed by atoms with Gasteiger partial charge in [0.2, 0.25) is 5.28 Å². The number of nitrogens with zero attached hydrogens (tertiary/aromatic N) is 6. The Hall–Kier alpha value is -2.43. The molecule has 0 amide bonds. The van der Waals surface area contributed by atoms with Crippen molar-refractivity contribution in [3.8, 4) is 5.69 Å². The standard InChI is InChI=1S/C20H20ClF3N6O/c21-19-26-17(29-11-13(12-29)10-28-4-6-31-7-5-28)16-9-25-30(18(16)27-19)15-3-1-2-14(8-15)20(22,23)24/h1-3,8-9,13H,4-7,10-12H2. The van der Waals surface area contributed by atoms with Crippen LogP contribution >= 0.6 is 11.6 Å². The van der Waals surface area contributed by atoms with Gasteiger partial charge < -0.3 is 9.64 Å². The van der Waals surface area contributed by atoms with Crippen molar-refractivity contribution in [2.45, 2.75) is 6.18 Å². The second-order valence-corrected chi connectivity index (χ2v) is 8.18. The maximum atomic E-state index is 13.1. The van der Waals surface area contributed by atoms with E-state index in [1.165, 1.54) is 10.7 Å². The smallest absolute Gasteiger partial charge is 0.379 e. The fourth-order valence-corrected chi connectivity index (χ4v) is 4.28. The third-order valence-corrected chi connectivity index (χ3v) is 5.84. The van der Waals surface area contributed by atoms with Crippen LogP contribution in [-0.4, -0.2) is 70.6 Å². The lowest BCUT2D eigenvalue weighted by Gasteiger charge is -2.43. The van der Waals surface area contributed by atoms with Crippen molar-refractivity contribution >= 4 is 28.5 Å². The first-order valence-electron chi connectivity index (χ1n) is 10.0. The van der Waals surface area contributed by atoms with Gasteiger partial charge in [-0.25, -0.2) is 4.68 Å². The molecular formula is C20H20ClF3N6O. The van der Waals surface area contributed by atoms with E-state index in [9.17, 15) is 13.2 Å². The highest BCUT2D eigenvalue weighted by atomic mass is 35.5. The van der Waals surface area contributed by atoms with E-state index in [0.717, 1.165) is 58.1 Å². The van der Waals surface area contributed by atoms with Crippen molar-refractivity contribution in [2.24, 2.45) is 5.92 Å². The van der Waals surface area contributed by atoms with Crippen LogP contribution in [0.25, 0.3) is 16.7 Å². The van der Waals surface area contributed by atoms with Crippen LogP contribution in [0.2, 0.25) is 5.28 Å². The van der Waals surface area contributed by atoms with Gasteiger partial charge in [-0.3, -0.25) is 4.90 Å². The molecule has 2 saturated heterocycles. The highest BCUT2D eigenvalue weighted by molar-refractivity contribution is 6.28. The third-order valence-electron chi connectivity index (χ3n) is 5.68. The molecular weight excluding hydrogens is 433 g/mol. The third kappa shape index (κ3) is 4.07. The van der Waals surface area contributed by atoms with Crippen LogP contribution in [0.3, 0.4) is 0 Å². The van der Waals surface area contributed by atoms with Crippen molar-refractivity contribution in [1.29, 1.82) is 0 Å². The summed E-state index contributed by atoms with van der Waals surface area (Å²) in [5.74, 6) is 1.17. The summed E-state index contributed by atoms with van der Waals surface area (Å²) >= 11 is 6.17. The SMILES string of the molecule is FC(F)(F)c1cccc(-n2ncc3c(N4CC(CN5CCOCC5)C4)nc(Cl)nc32)c1. The van der Waals surface area contributed by atoms with Gasteiger partial charge in [0.05, 0.1) is 36.0 Å². The molecule has 2 aromatic heterocycles. The van der Waals surface area contributed by atoms with Gasteiger partial charge in [-0.1, -0.05) is 6.07 Å². The Morgan fingerprint density at radius 2 is 1.90 bits per heavy atom. The number of hydrogen-bond acceptors (Lipinski definition) is 6. The second kappa shape index (κ2) is 7.92. The minimum Gasteiger partial charge on any atom is -0.379 e. The molecule has 0 saturated carbocycles. The molecule has 0 spiro atoms. The molecule has 2 aliphatic rings. The van der Waals surface area contributed by atoms with Gasteiger partial charge in [-0.15, -0.1) is 0 Å². The Kier molecular flexibility index (Phi) is 5.23. The molecule has 0 unspecified atom stereocenters. The number of alkyl halides is 3. The first kappa shape index (κ1) is 20.5. The predicted molar refractivity (Wildman–Crippen MR) is 110 cm³/mol. The number of ether oxygens (including phenoxy) is 1. The number of benzene rings is 1. The van der Waals surface area contributed by atoms with Gasteiger partial charge in [0, 0.05) is 38.6 Å². The minimum absolute atomic E-state index is 0.0351. The maximum absolute atomic E-state index is 13.1. The summed E-state index contributed by atoms with van der Waals surface area (Å²) in [7, 11) is 0. The molecule has 7 nitrogen and oxygen atoms in total. The molecule has 0 N–H and O–H groups in total. The molecule has 2 fully saturated rings. The number of fused-ring (bicyclic) bond motifs is 1. The van der Waals surface area contributed by atoms with Crippen molar-refractivity contribution in [1.82, 2.24) is 24.6 Å². The van der Waals surface area contributed by atoms with Crippen LogP contribution in [0.15, 0.2) is 30.5 Å². The topological polar surface area (TPSA) is 59.3 Å². The van der Waals surface area contributed by atoms with Gasteiger partial charge in [0.15, 0.2) is 5.65 Å². The van der Waals surface area contributed by atoms with Crippen LogP contribution in [0.5, 0.6) is 0 Å². The number of halogens is 4. The Labute approximate surface area is 181 Å². The highest BCUT2D eigenvalue weighted by Gasteiger charge is 2.33. The van der Waals surface area contributed by atoms with Crippen LogP contribution in [0.4, 0.5) is 19.0 Å². The van der Waals surface area contributed by atoms with E-state index in [4.69, 9.17) is 16.3 Å². The van der Waals surface area contributed by atoms with E-state index in [0.29, 0.717) is 22.8 Å². The normalized spacial score (nSPS) is 18.5. The van der Waals surface area contributed by atoms with E-state index >= 15 is 0 Å². The van der Waals surface area contributed by atoms with Crippen molar-refractivity contribution in [3.05, 3.63) is 41.3 Å². The van der Waals surface area contributed by atoms with Crippen LogP contribution in [0, 0.1) is 5.92 Å². The van der Waals surface area contributed by atoms with Crippen LogP contribution in [-0.2, 0) is 10.9 Å². The molecule has 5 rings (SSSR count). The zero-order valence-corrected chi connectivity index (χ0v) is 17.3. The summed E-state index contributed by atoms with van der Waals surface area (Å²) in [5.41, 5.74) is -0.104. The lowest BCUT2D eigenvalue weighted by Crippen LogP contribution is -2.53. The Balaban J connectivity index is 1.40. The molecule has 0 radical (unpaired) electrons. The van der Waals surface area contributed by atoms with Crippen molar-refractivity contribution in [2.75, 3.05) is 50.8 Å². The highest BCUT2D eigenvalue weighted by Crippen LogP contribution is 2.33. The largest absolute Gasteiger partial charge is 0.416 e. The molecule has 0 atom stereocenters. The summed E-state index contributed by atoms with van der Waals surface area (Å²) in [6.07, 6.45) is -2.86. The summed E-state index contributed by atoms with van der Waals surface area (Å²) in [6.45, 7) is 6.10. The first-order chi connectivity index (χ1) is 14.9. The van der Waals surface area contributed by atoms with Gasteiger partial charge in [0.1, 0.15) is 5.82 Å². The van der Waals surface area contributed by atoms with E-state index in [-0.39, 0.29) is 11.0 Å². The van der Waals surface area contributed by atoms with E-state index in [2.05, 4.69) is 24.9 Å². The quantitative estimate of drug-likeness (QED) is 0.566.